The van der Waals surface area contributed by atoms with Crippen molar-refractivity contribution in [2.24, 2.45) is 0 Å². The van der Waals surface area contributed by atoms with Gasteiger partial charge >= 0.3 is 6.18 Å². The van der Waals surface area contributed by atoms with Crippen molar-refractivity contribution in [2.75, 3.05) is 5.75 Å². The number of halogens is 3. The maximum atomic E-state index is 13.0. The molecular formula is C24H19F3N4O2S. The van der Waals surface area contributed by atoms with Crippen LogP contribution in [-0.2, 0) is 11.2 Å². The van der Waals surface area contributed by atoms with Crippen LogP contribution in [-0.4, -0.2) is 42.8 Å². The molecule has 0 aliphatic heterocycles. The Morgan fingerprint density at radius 1 is 1.09 bits per heavy atom. The fourth-order valence-electron chi connectivity index (χ4n) is 3.58. The molecule has 1 aliphatic rings. The van der Waals surface area contributed by atoms with Crippen molar-refractivity contribution in [3.05, 3.63) is 72.6 Å². The Balaban J connectivity index is 1.58. The number of rotatable bonds is 6. The van der Waals surface area contributed by atoms with E-state index in [1.165, 1.54) is 6.20 Å². The lowest BCUT2D eigenvalue weighted by Crippen LogP contribution is -2.25. The fraction of sp³-hybridized carbons (Fsp3) is 0.208. The van der Waals surface area contributed by atoms with E-state index in [1.54, 1.807) is 59.1 Å². The predicted molar refractivity (Wildman–Crippen MR) is 122 cm³/mol. The van der Waals surface area contributed by atoms with Crippen molar-refractivity contribution in [1.29, 1.82) is 0 Å². The van der Waals surface area contributed by atoms with Crippen molar-refractivity contribution < 1.29 is 22.5 Å². The van der Waals surface area contributed by atoms with E-state index >= 15 is 0 Å². The van der Waals surface area contributed by atoms with E-state index in [4.69, 9.17) is 0 Å². The van der Waals surface area contributed by atoms with Crippen molar-refractivity contribution in [3.8, 4) is 22.5 Å². The summed E-state index contributed by atoms with van der Waals surface area (Å²) in [6.07, 6.45) is 0.524. The van der Waals surface area contributed by atoms with Crippen molar-refractivity contribution >= 4 is 22.7 Å². The number of amides is 1. The number of hydrogen-bond acceptors (Lipinski definition) is 4. The normalized spacial score (nSPS) is 14.8. The van der Waals surface area contributed by atoms with Gasteiger partial charge in [-0.1, -0.05) is 42.5 Å². The molecule has 1 fully saturated rings. The van der Waals surface area contributed by atoms with Crippen LogP contribution < -0.4 is 5.32 Å². The minimum Gasteiger partial charge on any atom is -0.610 e. The van der Waals surface area contributed by atoms with Gasteiger partial charge in [-0.3, -0.25) is 9.20 Å². The van der Waals surface area contributed by atoms with E-state index in [9.17, 15) is 22.5 Å². The van der Waals surface area contributed by atoms with Crippen LogP contribution in [0.5, 0.6) is 0 Å². The van der Waals surface area contributed by atoms with E-state index in [-0.39, 0.29) is 22.6 Å². The highest BCUT2D eigenvalue weighted by atomic mass is 32.2. The summed E-state index contributed by atoms with van der Waals surface area (Å²) in [5.74, 6) is -1.66. The van der Waals surface area contributed by atoms with Gasteiger partial charge in [-0.25, -0.2) is 4.98 Å². The van der Waals surface area contributed by atoms with Gasteiger partial charge in [-0.05, 0) is 25.0 Å². The van der Waals surface area contributed by atoms with Crippen LogP contribution >= 0.6 is 0 Å². The number of imidazole rings is 1. The van der Waals surface area contributed by atoms with E-state index in [1.807, 2.05) is 6.07 Å². The molecule has 0 bridgehead atoms. The summed E-state index contributed by atoms with van der Waals surface area (Å²) in [4.78, 5) is 20.8. The molecule has 2 aromatic heterocycles. The summed E-state index contributed by atoms with van der Waals surface area (Å²) in [6, 6.07) is 16.0. The van der Waals surface area contributed by atoms with E-state index in [2.05, 4.69) is 15.3 Å². The van der Waals surface area contributed by atoms with Crippen molar-refractivity contribution in [1.82, 2.24) is 19.7 Å². The maximum absolute atomic E-state index is 13.0. The van der Waals surface area contributed by atoms with Crippen LogP contribution in [0.4, 0.5) is 13.2 Å². The molecule has 2 aromatic carbocycles. The van der Waals surface area contributed by atoms with Gasteiger partial charge in [-0.2, -0.15) is 18.2 Å². The Morgan fingerprint density at radius 3 is 2.44 bits per heavy atom. The molecule has 34 heavy (non-hydrogen) atoms. The van der Waals surface area contributed by atoms with E-state index < -0.39 is 23.1 Å². The largest absolute Gasteiger partial charge is 0.610 e. The Morgan fingerprint density at radius 2 is 1.79 bits per heavy atom. The quantitative estimate of drug-likeness (QED) is 0.405. The highest BCUT2D eigenvalue weighted by Gasteiger charge is 2.38. The molecule has 1 N–H and O–H groups in total. The second-order valence-corrected chi connectivity index (χ2v) is 9.43. The first-order valence-electron chi connectivity index (χ1n) is 10.6. The molecule has 1 atom stereocenters. The van der Waals surface area contributed by atoms with Gasteiger partial charge in [0.2, 0.25) is 11.4 Å². The summed E-state index contributed by atoms with van der Waals surface area (Å²) in [5, 5.41) is 2.70. The molecule has 0 spiro atoms. The van der Waals surface area contributed by atoms with E-state index in [0.29, 0.717) is 28.1 Å². The molecule has 0 radical (unpaired) electrons. The van der Waals surface area contributed by atoms with E-state index in [0.717, 1.165) is 12.8 Å². The molecule has 5 rings (SSSR count). The summed E-state index contributed by atoms with van der Waals surface area (Å²) in [5.41, 5.74) is 2.93. The number of carbonyl (C=O) groups excluding carboxylic acids is 1. The number of nitrogens with zero attached hydrogens (tertiary/aromatic N) is 3. The smallest absolute Gasteiger partial charge is 0.433 e. The second kappa shape index (κ2) is 8.77. The van der Waals surface area contributed by atoms with Crippen molar-refractivity contribution in [2.45, 2.75) is 30.1 Å². The average Bonchev–Trinajstić information content (AvgIpc) is 3.53. The summed E-state index contributed by atoms with van der Waals surface area (Å²) < 4.78 is 53.2. The highest BCUT2D eigenvalue weighted by molar-refractivity contribution is 7.91. The third-order valence-corrected chi connectivity index (χ3v) is 6.69. The molecule has 6 nitrogen and oxygen atoms in total. The second-order valence-electron chi connectivity index (χ2n) is 8.06. The number of fused-ring (bicyclic) bond motifs is 1. The van der Waals surface area contributed by atoms with Gasteiger partial charge < -0.3 is 9.87 Å². The lowest BCUT2D eigenvalue weighted by molar-refractivity contribution is -0.106. The first-order valence-corrected chi connectivity index (χ1v) is 11.9. The van der Waals surface area contributed by atoms with Crippen LogP contribution in [0.25, 0.3) is 28.2 Å². The topological polar surface area (TPSA) is 82.3 Å². The molecule has 2 heterocycles. The van der Waals surface area contributed by atoms with Gasteiger partial charge in [0.25, 0.3) is 10.9 Å². The zero-order valence-electron chi connectivity index (χ0n) is 17.7. The Labute approximate surface area is 196 Å². The van der Waals surface area contributed by atoms with Gasteiger partial charge in [0, 0.05) is 40.1 Å². The van der Waals surface area contributed by atoms with Crippen LogP contribution in [0.2, 0.25) is 0 Å². The van der Waals surface area contributed by atoms with Crippen LogP contribution in [0.3, 0.4) is 0 Å². The van der Waals surface area contributed by atoms with Gasteiger partial charge in [0.15, 0.2) is 0 Å². The summed E-state index contributed by atoms with van der Waals surface area (Å²) >= 11 is -2.44. The zero-order valence-corrected chi connectivity index (χ0v) is 18.6. The lowest BCUT2D eigenvalue weighted by Gasteiger charge is -2.14. The van der Waals surface area contributed by atoms with Crippen molar-refractivity contribution in [3.63, 3.8) is 0 Å². The van der Waals surface area contributed by atoms with Gasteiger partial charge in [-0.15, -0.1) is 0 Å². The average molecular weight is 485 g/mol. The lowest BCUT2D eigenvalue weighted by atomic mass is 10.1. The molecule has 1 aliphatic carbocycles. The maximum Gasteiger partial charge on any atom is 0.433 e. The number of carbonyl (C=O) groups is 1. The minimum atomic E-state index is -4.61. The Kier molecular flexibility index (Phi) is 5.78. The molecular weight excluding hydrogens is 465 g/mol. The molecule has 10 heteroatoms. The number of nitrogens with one attached hydrogen (secondary N) is 1. The monoisotopic (exact) mass is 484 g/mol. The fourth-order valence-corrected chi connectivity index (χ4v) is 4.57. The Bertz CT molecular complexity index is 1340. The molecule has 1 saturated carbocycles. The SMILES string of the molecule is O=C(NC1CC1)c1ccc(-c2cnc3c([S+]([O-])CC(F)(F)F)nc(-c4ccccc4)cn23)cc1. The highest BCUT2D eigenvalue weighted by Crippen LogP contribution is 2.30. The first kappa shape index (κ1) is 22.4. The standard InChI is InChI=1S/C24H19F3N4O2S/c25-24(26,27)14-34(33)23-21-28-12-20(31(21)13-19(30-23)15-4-2-1-3-5-15)16-6-8-17(9-7-16)22(32)29-18-10-11-18/h1-9,12-13,18H,10-11,14H2,(H,29,32). The van der Waals surface area contributed by atoms with Crippen LogP contribution in [0.1, 0.15) is 23.2 Å². The number of alkyl halides is 3. The number of hydrogen-bond donors (Lipinski definition) is 1. The predicted octanol–water partition coefficient (Wildman–Crippen LogP) is 4.63. The summed E-state index contributed by atoms with van der Waals surface area (Å²) in [7, 11) is 0. The molecule has 0 saturated heterocycles. The first-order chi connectivity index (χ1) is 16.3. The van der Waals surface area contributed by atoms with Gasteiger partial charge in [0.1, 0.15) is 0 Å². The molecule has 1 amide bonds. The Hall–Kier alpha value is -3.37. The number of aromatic nitrogens is 3. The number of benzene rings is 2. The zero-order chi connectivity index (χ0) is 23.9. The third kappa shape index (κ3) is 4.78. The summed E-state index contributed by atoms with van der Waals surface area (Å²) in [6.45, 7) is 0. The molecule has 174 valence electrons. The molecule has 1 unspecified atom stereocenters. The third-order valence-electron chi connectivity index (χ3n) is 5.40. The molecule has 4 aromatic rings. The minimum absolute atomic E-state index is 0.0906. The van der Waals surface area contributed by atoms with Crippen LogP contribution in [0.15, 0.2) is 72.0 Å². The van der Waals surface area contributed by atoms with Gasteiger partial charge in [0.05, 0.1) is 17.6 Å². The van der Waals surface area contributed by atoms with Crippen LogP contribution in [0, 0.1) is 0 Å².